The van der Waals surface area contributed by atoms with Crippen LogP contribution in [-0.2, 0) is 0 Å². The van der Waals surface area contributed by atoms with Gasteiger partial charge in [0.15, 0.2) is 17.6 Å². The van der Waals surface area contributed by atoms with Crippen LogP contribution in [0.5, 0.6) is 0 Å². The maximum atomic E-state index is 12.4. The predicted molar refractivity (Wildman–Crippen MR) is 44.8 cm³/mol. The highest BCUT2D eigenvalue weighted by atomic mass is 19.4. The molecule has 2 aliphatic rings. The smallest absolute Gasteiger partial charge is 0.368 e. The Labute approximate surface area is 76.0 Å². The van der Waals surface area contributed by atoms with Gasteiger partial charge >= 0.3 is 6.18 Å². The minimum atomic E-state index is -4.56. The van der Waals surface area contributed by atoms with Crippen molar-refractivity contribution in [1.82, 2.24) is 0 Å². The van der Waals surface area contributed by atoms with Crippen LogP contribution in [0.3, 0.4) is 0 Å². The van der Waals surface area contributed by atoms with E-state index in [-0.39, 0.29) is 5.84 Å². The monoisotopic (exact) mass is 203 g/mol. The Morgan fingerprint density at radius 1 is 1.29 bits per heavy atom. The first-order chi connectivity index (χ1) is 6.48. The topological polar surface area (TPSA) is 75.5 Å². The lowest BCUT2D eigenvalue weighted by molar-refractivity contribution is -0.0602. The molecule has 2 aliphatic heterocycles. The Balaban J connectivity index is 2.46. The van der Waals surface area contributed by atoms with Crippen molar-refractivity contribution in [2.75, 3.05) is 0 Å². The lowest BCUT2D eigenvalue weighted by Crippen LogP contribution is -2.41. The summed E-state index contributed by atoms with van der Waals surface area (Å²) < 4.78 is 37.1. The van der Waals surface area contributed by atoms with Crippen molar-refractivity contribution in [3.05, 3.63) is 0 Å². The van der Waals surface area contributed by atoms with E-state index in [1.165, 1.54) is 0 Å². The van der Waals surface area contributed by atoms with Gasteiger partial charge in [-0.1, -0.05) is 0 Å². The van der Waals surface area contributed by atoms with E-state index in [1.807, 2.05) is 0 Å². The average molecular weight is 203 g/mol. The molecule has 0 aromatic heterocycles. The van der Waals surface area contributed by atoms with Gasteiger partial charge in [0.25, 0.3) is 0 Å². The number of nitrogens with two attached hydrogens (primary N) is 1. The molecule has 1 unspecified atom stereocenters. The average Bonchev–Trinajstić information content (AvgIpc) is 2.47. The predicted octanol–water partition coefficient (Wildman–Crippen LogP) is 0.127. The Kier molecular flexibility index (Phi) is 1.66. The quantitative estimate of drug-likeness (QED) is 0.596. The van der Waals surface area contributed by atoms with E-state index in [1.54, 1.807) is 0 Å². The van der Waals surface area contributed by atoms with Crippen LogP contribution in [0, 0.1) is 0 Å². The second kappa shape index (κ2) is 2.63. The summed E-state index contributed by atoms with van der Waals surface area (Å²) in [6.07, 6.45) is -3.54. The molecule has 0 aromatic rings. The van der Waals surface area contributed by atoms with Crippen molar-refractivity contribution in [3.63, 3.8) is 0 Å². The van der Waals surface area contributed by atoms with Gasteiger partial charge in [0, 0.05) is 0 Å². The summed E-state index contributed by atoms with van der Waals surface area (Å²) in [4.78, 5) is 13.7. The van der Waals surface area contributed by atoms with Crippen LogP contribution < -0.4 is 5.73 Å². The second-order valence-corrected chi connectivity index (χ2v) is 2.62. The highest BCUT2D eigenvalue weighted by Crippen LogP contribution is 2.25. The summed E-state index contributed by atoms with van der Waals surface area (Å²) in [5.74, 6) is -0.511. The molecule has 0 aromatic carbocycles. The van der Waals surface area contributed by atoms with E-state index in [0.29, 0.717) is 0 Å². The zero-order valence-electron chi connectivity index (χ0n) is 6.65. The molecule has 5 nitrogen and oxygen atoms in total. The van der Waals surface area contributed by atoms with Crippen molar-refractivity contribution in [2.24, 2.45) is 25.7 Å². The van der Waals surface area contributed by atoms with Gasteiger partial charge in [-0.2, -0.15) is 18.2 Å². The first-order valence-corrected chi connectivity index (χ1v) is 3.58. The van der Waals surface area contributed by atoms with Gasteiger partial charge in [-0.15, -0.1) is 0 Å². The molecule has 8 heteroatoms. The standard InChI is InChI=1S/C6H4F3N5/c7-6(8,9)3-2-4(12-1-11-2)14-5(10)13-3/h1-2H,(H2,10,11,12,14). The third-order valence-electron chi connectivity index (χ3n) is 1.66. The summed E-state index contributed by atoms with van der Waals surface area (Å²) in [6, 6.07) is -1.25. The number of alkyl halides is 3. The second-order valence-electron chi connectivity index (χ2n) is 2.62. The summed E-state index contributed by atoms with van der Waals surface area (Å²) >= 11 is 0. The van der Waals surface area contributed by atoms with Crippen LogP contribution in [-0.4, -0.2) is 36.1 Å². The fourth-order valence-electron chi connectivity index (χ4n) is 1.12. The summed E-state index contributed by atoms with van der Waals surface area (Å²) in [5, 5.41) is 0. The van der Waals surface area contributed by atoms with Crippen molar-refractivity contribution >= 4 is 23.8 Å². The number of guanidine groups is 1. The van der Waals surface area contributed by atoms with Crippen LogP contribution in [0.4, 0.5) is 13.2 Å². The van der Waals surface area contributed by atoms with Crippen LogP contribution in [0.25, 0.3) is 0 Å². The van der Waals surface area contributed by atoms with Gasteiger partial charge in [-0.05, 0) is 0 Å². The van der Waals surface area contributed by atoms with Crippen molar-refractivity contribution in [2.45, 2.75) is 12.2 Å². The third kappa shape index (κ3) is 1.28. The van der Waals surface area contributed by atoms with Crippen molar-refractivity contribution in [3.8, 4) is 0 Å². The van der Waals surface area contributed by atoms with Crippen LogP contribution in [0.2, 0.25) is 0 Å². The van der Waals surface area contributed by atoms with E-state index in [0.717, 1.165) is 6.34 Å². The molecule has 0 radical (unpaired) electrons. The molecular weight excluding hydrogens is 199 g/mol. The number of hydrogen-bond acceptors (Lipinski definition) is 5. The molecular formula is C6H4F3N5. The van der Waals surface area contributed by atoms with Gasteiger partial charge in [0.1, 0.15) is 6.34 Å². The fraction of sp³-hybridized carbons (Fsp3) is 0.333. The van der Waals surface area contributed by atoms with Crippen molar-refractivity contribution < 1.29 is 13.2 Å². The van der Waals surface area contributed by atoms with Crippen LogP contribution in [0.15, 0.2) is 20.0 Å². The minimum absolute atomic E-state index is 0.0650. The molecule has 0 aliphatic carbocycles. The largest absolute Gasteiger partial charge is 0.432 e. The number of rotatable bonds is 0. The summed E-state index contributed by atoms with van der Waals surface area (Å²) in [5.41, 5.74) is 4.03. The summed E-state index contributed by atoms with van der Waals surface area (Å²) in [6.45, 7) is 0. The van der Waals surface area contributed by atoms with Gasteiger partial charge < -0.3 is 5.73 Å². The highest BCUT2D eigenvalue weighted by Gasteiger charge is 2.45. The number of aliphatic imine (C=N–C) groups is 4. The molecule has 0 amide bonds. The van der Waals surface area contributed by atoms with Crippen LogP contribution >= 0.6 is 0 Å². The van der Waals surface area contributed by atoms with E-state index in [4.69, 9.17) is 5.73 Å². The number of hydrogen-bond donors (Lipinski definition) is 1. The molecule has 0 bridgehead atoms. The lowest BCUT2D eigenvalue weighted by Gasteiger charge is -2.17. The number of fused-ring (bicyclic) bond motifs is 1. The molecule has 2 N–H and O–H groups in total. The van der Waals surface area contributed by atoms with E-state index in [9.17, 15) is 13.2 Å². The summed E-state index contributed by atoms with van der Waals surface area (Å²) in [7, 11) is 0. The van der Waals surface area contributed by atoms with Gasteiger partial charge in [-0.3, -0.25) is 4.99 Å². The normalized spacial score (nSPS) is 25.4. The zero-order valence-corrected chi connectivity index (χ0v) is 6.65. The molecule has 0 fully saturated rings. The number of amidine groups is 1. The van der Waals surface area contributed by atoms with E-state index >= 15 is 0 Å². The molecule has 2 heterocycles. The zero-order chi connectivity index (χ0) is 10.3. The molecule has 0 spiro atoms. The third-order valence-corrected chi connectivity index (χ3v) is 1.66. The van der Waals surface area contributed by atoms with Crippen LogP contribution in [0.1, 0.15) is 0 Å². The van der Waals surface area contributed by atoms with Crippen molar-refractivity contribution in [1.29, 1.82) is 0 Å². The fourth-order valence-corrected chi connectivity index (χ4v) is 1.12. The molecule has 0 saturated carbocycles. The highest BCUT2D eigenvalue weighted by molar-refractivity contribution is 6.24. The Morgan fingerprint density at radius 3 is 2.64 bits per heavy atom. The molecule has 14 heavy (non-hydrogen) atoms. The Hall–Kier alpha value is -1.73. The number of halogens is 3. The Morgan fingerprint density at radius 2 is 2.00 bits per heavy atom. The maximum absolute atomic E-state index is 12.4. The first kappa shape index (κ1) is 8.85. The minimum Gasteiger partial charge on any atom is -0.368 e. The van der Waals surface area contributed by atoms with Gasteiger partial charge in [-0.25, -0.2) is 9.98 Å². The molecule has 74 valence electrons. The molecule has 2 rings (SSSR count). The molecule has 1 atom stereocenters. The van der Waals surface area contributed by atoms with Gasteiger partial charge in [0.05, 0.1) is 0 Å². The number of nitrogens with zero attached hydrogens (tertiary/aromatic N) is 4. The first-order valence-electron chi connectivity index (χ1n) is 3.58. The maximum Gasteiger partial charge on any atom is 0.432 e. The van der Waals surface area contributed by atoms with E-state index in [2.05, 4.69) is 20.0 Å². The Bertz CT molecular complexity index is 389. The lowest BCUT2D eigenvalue weighted by atomic mass is 10.1. The molecule has 0 saturated heterocycles. The van der Waals surface area contributed by atoms with E-state index < -0.39 is 23.9 Å². The SMILES string of the molecule is NC1=NC2=NC=NC2C(C(F)(F)F)=N1. The van der Waals surface area contributed by atoms with Gasteiger partial charge in [0.2, 0.25) is 5.96 Å².